The summed E-state index contributed by atoms with van der Waals surface area (Å²) in [6.07, 6.45) is 7.65. The number of piperazine rings is 1. The zero-order valence-electron chi connectivity index (χ0n) is 17.4. The van der Waals surface area contributed by atoms with E-state index in [0.29, 0.717) is 11.5 Å². The molecular formula is C24H36N2. The summed E-state index contributed by atoms with van der Waals surface area (Å²) in [5, 5.41) is 0. The Hall–Kier alpha value is -1.28. The average Bonchev–Trinajstić information content (AvgIpc) is 3.12. The van der Waals surface area contributed by atoms with Crippen LogP contribution in [0.25, 0.3) is 5.57 Å². The Morgan fingerprint density at radius 2 is 1.81 bits per heavy atom. The van der Waals surface area contributed by atoms with Gasteiger partial charge < -0.3 is 4.90 Å². The summed E-state index contributed by atoms with van der Waals surface area (Å²) in [5.41, 5.74) is 5.20. The van der Waals surface area contributed by atoms with Gasteiger partial charge in [0.1, 0.15) is 0 Å². The Morgan fingerprint density at radius 1 is 1.04 bits per heavy atom. The predicted octanol–water partition coefficient (Wildman–Crippen LogP) is 5.59. The third-order valence-corrected chi connectivity index (χ3v) is 6.59. The number of fused-ring (bicyclic) bond motifs is 2. The van der Waals surface area contributed by atoms with E-state index in [1.54, 1.807) is 5.57 Å². The fourth-order valence-electron chi connectivity index (χ4n) is 6.16. The lowest BCUT2D eigenvalue weighted by molar-refractivity contribution is 0.228. The van der Waals surface area contributed by atoms with E-state index < -0.39 is 0 Å². The van der Waals surface area contributed by atoms with E-state index in [0.717, 1.165) is 6.04 Å². The number of hydrogen-bond acceptors (Lipinski definition) is 2. The number of allylic oxidation sites excluding steroid dienone is 2. The van der Waals surface area contributed by atoms with Gasteiger partial charge in [0.2, 0.25) is 0 Å². The van der Waals surface area contributed by atoms with Crippen LogP contribution in [0.1, 0.15) is 65.9 Å². The summed E-state index contributed by atoms with van der Waals surface area (Å²) in [5.74, 6) is 0. The van der Waals surface area contributed by atoms with Crippen LogP contribution in [0.3, 0.4) is 0 Å². The van der Waals surface area contributed by atoms with Crippen molar-refractivity contribution in [2.75, 3.05) is 24.5 Å². The zero-order chi connectivity index (χ0) is 18.5. The molecule has 2 nitrogen and oxygen atoms in total. The molecule has 0 spiro atoms. The summed E-state index contributed by atoms with van der Waals surface area (Å²) >= 11 is 0. The summed E-state index contributed by atoms with van der Waals surface area (Å²) in [4.78, 5) is 5.44. The van der Waals surface area contributed by atoms with Crippen molar-refractivity contribution in [3.8, 4) is 0 Å². The van der Waals surface area contributed by atoms with Crippen molar-refractivity contribution in [2.45, 2.75) is 72.4 Å². The third kappa shape index (κ3) is 3.33. The molecule has 1 aromatic rings. The first kappa shape index (κ1) is 18.1. The van der Waals surface area contributed by atoms with Crippen LogP contribution < -0.4 is 4.90 Å². The first-order chi connectivity index (χ1) is 12.3. The summed E-state index contributed by atoms with van der Waals surface area (Å²) < 4.78 is 0. The zero-order valence-corrected chi connectivity index (χ0v) is 17.4. The van der Waals surface area contributed by atoms with E-state index in [9.17, 15) is 0 Å². The first-order valence-corrected chi connectivity index (χ1v) is 10.6. The highest BCUT2D eigenvalue weighted by molar-refractivity contribution is 5.79. The third-order valence-electron chi connectivity index (χ3n) is 6.59. The van der Waals surface area contributed by atoms with Crippen LogP contribution in [0, 0.1) is 10.8 Å². The highest BCUT2D eigenvalue weighted by Gasteiger charge is 2.43. The monoisotopic (exact) mass is 352 g/mol. The van der Waals surface area contributed by atoms with Gasteiger partial charge in [0.05, 0.1) is 0 Å². The maximum Gasteiger partial charge on any atom is 0.0446 e. The average molecular weight is 353 g/mol. The molecule has 3 aliphatic rings. The molecular weight excluding hydrogens is 316 g/mol. The molecule has 2 unspecified atom stereocenters. The van der Waals surface area contributed by atoms with Gasteiger partial charge in [0.25, 0.3) is 0 Å². The summed E-state index contributed by atoms with van der Waals surface area (Å²) in [7, 11) is 0. The molecule has 1 aromatic carbocycles. The lowest BCUT2D eigenvalue weighted by Gasteiger charge is -2.41. The molecule has 2 atom stereocenters. The van der Waals surface area contributed by atoms with E-state index in [1.165, 1.54) is 56.6 Å². The van der Waals surface area contributed by atoms with Crippen LogP contribution in [0.4, 0.5) is 5.69 Å². The van der Waals surface area contributed by atoms with Crippen molar-refractivity contribution >= 4 is 11.3 Å². The van der Waals surface area contributed by atoms with Gasteiger partial charge in [-0.2, -0.15) is 0 Å². The predicted molar refractivity (Wildman–Crippen MR) is 113 cm³/mol. The Kier molecular flexibility index (Phi) is 4.46. The molecule has 0 saturated carbocycles. The molecule has 2 heterocycles. The van der Waals surface area contributed by atoms with Crippen LogP contribution in [0.15, 0.2) is 30.3 Å². The minimum Gasteiger partial charge on any atom is -0.365 e. The van der Waals surface area contributed by atoms with Crippen molar-refractivity contribution < 1.29 is 0 Å². The minimum absolute atomic E-state index is 0.284. The molecule has 2 saturated heterocycles. The number of benzene rings is 1. The highest BCUT2D eigenvalue weighted by Crippen LogP contribution is 2.49. The van der Waals surface area contributed by atoms with E-state index >= 15 is 0 Å². The molecule has 0 radical (unpaired) electrons. The topological polar surface area (TPSA) is 6.48 Å². The van der Waals surface area contributed by atoms with Gasteiger partial charge in [0.15, 0.2) is 0 Å². The number of anilines is 1. The molecule has 4 rings (SSSR count). The fourth-order valence-corrected chi connectivity index (χ4v) is 6.16. The number of nitrogens with zero attached hydrogens (tertiary/aromatic N) is 2. The Balaban J connectivity index is 1.64. The first-order valence-electron chi connectivity index (χ1n) is 10.6. The van der Waals surface area contributed by atoms with Crippen LogP contribution in [0.5, 0.6) is 0 Å². The molecule has 142 valence electrons. The Bertz CT molecular complexity index is 700. The van der Waals surface area contributed by atoms with Crippen molar-refractivity contribution in [1.29, 1.82) is 0 Å². The molecule has 2 heteroatoms. The van der Waals surface area contributed by atoms with Crippen molar-refractivity contribution in [3.05, 3.63) is 35.9 Å². The maximum atomic E-state index is 2.72. The van der Waals surface area contributed by atoms with E-state index in [1.807, 2.05) is 0 Å². The Labute approximate surface area is 160 Å². The van der Waals surface area contributed by atoms with Gasteiger partial charge in [0, 0.05) is 36.4 Å². The molecule has 0 N–H and O–H groups in total. The highest BCUT2D eigenvalue weighted by atomic mass is 15.3. The minimum atomic E-state index is 0.284. The second-order valence-corrected chi connectivity index (χ2v) is 10.4. The normalized spacial score (nSPS) is 29.9. The molecule has 0 aromatic heterocycles. The molecule has 1 aliphatic carbocycles. The van der Waals surface area contributed by atoms with Gasteiger partial charge in [-0.15, -0.1) is 0 Å². The SMILES string of the molecule is CCCN1CC2CC1CN2c1ccccc1C1=CC(C)(C)CC(C)(C)C1. The van der Waals surface area contributed by atoms with Crippen LogP contribution in [0.2, 0.25) is 0 Å². The number of hydrogen-bond donors (Lipinski definition) is 0. The van der Waals surface area contributed by atoms with Gasteiger partial charge in [-0.1, -0.05) is 58.9 Å². The van der Waals surface area contributed by atoms with Gasteiger partial charge in [-0.25, -0.2) is 0 Å². The maximum absolute atomic E-state index is 2.72. The lowest BCUT2D eigenvalue weighted by Crippen LogP contribution is -2.46. The van der Waals surface area contributed by atoms with Crippen LogP contribution >= 0.6 is 0 Å². The largest absolute Gasteiger partial charge is 0.365 e. The summed E-state index contributed by atoms with van der Waals surface area (Å²) in [6.45, 7) is 15.7. The number of rotatable bonds is 4. The van der Waals surface area contributed by atoms with Gasteiger partial charge in [-0.05, 0) is 54.7 Å². The fraction of sp³-hybridized carbons (Fsp3) is 0.667. The molecule has 2 bridgehead atoms. The van der Waals surface area contributed by atoms with Gasteiger partial charge in [-0.3, -0.25) is 4.90 Å². The smallest absolute Gasteiger partial charge is 0.0446 e. The molecule has 0 amide bonds. The van der Waals surface area contributed by atoms with Crippen molar-refractivity contribution in [1.82, 2.24) is 4.90 Å². The van der Waals surface area contributed by atoms with E-state index in [-0.39, 0.29) is 5.41 Å². The quantitative estimate of drug-likeness (QED) is 0.697. The number of para-hydroxylation sites is 1. The van der Waals surface area contributed by atoms with Crippen LogP contribution in [-0.2, 0) is 0 Å². The van der Waals surface area contributed by atoms with Crippen LogP contribution in [-0.4, -0.2) is 36.6 Å². The molecule has 2 fully saturated rings. The lowest BCUT2D eigenvalue weighted by atomic mass is 9.65. The standard InChI is InChI=1S/C24H36N2/c1-6-11-25-15-20-12-19(25)16-26(20)22-10-8-7-9-21(22)18-13-23(2,3)17-24(4,5)14-18/h7-10,13,19-20H,6,11-12,14-17H2,1-5H3. The molecule has 2 aliphatic heterocycles. The van der Waals surface area contributed by atoms with Gasteiger partial charge >= 0.3 is 0 Å². The van der Waals surface area contributed by atoms with E-state index in [2.05, 4.69) is 74.8 Å². The Morgan fingerprint density at radius 3 is 2.46 bits per heavy atom. The summed E-state index contributed by atoms with van der Waals surface area (Å²) in [6, 6.07) is 10.7. The number of likely N-dealkylation sites (tertiary alicyclic amines) is 1. The second-order valence-electron chi connectivity index (χ2n) is 10.4. The molecule has 26 heavy (non-hydrogen) atoms. The van der Waals surface area contributed by atoms with E-state index in [4.69, 9.17) is 0 Å². The van der Waals surface area contributed by atoms with Crippen molar-refractivity contribution in [2.24, 2.45) is 10.8 Å². The second kappa shape index (κ2) is 6.41. The van der Waals surface area contributed by atoms with Crippen molar-refractivity contribution in [3.63, 3.8) is 0 Å².